The van der Waals surface area contributed by atoms with E-state index >= 15 is 8.78 Å². The number of rotatable bonds is 4. The number of fused-ring (bicyclic) bond motifs is 1. The molecule has 0 amide bonds. The molecule has 0 bridgehead atoms. The fourth-order valence-corrected chi connectivity index (χ4v) is 6.01. The average Bonchev–Trinajstić information content (AvgIpc) is 2.94. The monoisotopic (exact) mass is 481 g/mol. The smallest absolute Gasteiger partial charge is 0.266 e. The molecule has 4 aromatic carbocycles. The molecule has 36 heavy (non-hydrogen) atoms. The third-order valence-corrected chi connectivity index (χ3v) is 8.03. The van der Waals surface area contributed by atoms with Crippen molar-refractivity contribution in [3.05, 3.63) is 113 Å². The average molecular weight is 482 g/mol. The first-order valence-corrected chi connectivity index (χ1v) is 12.5. The van der Waals surface area contributed by atoms with Gasteiger partial charge in [0, 0.05) is 17.1 Å². The summed E-state index contributed by atoms with van der Waals surface area (Å²) in [6.07, 6.45) is 0. The van der Waals surface area contributed by atoms with Crippen molar-refractivity contribution in [2.45, 2.75) is 58.3 Å². The Morgan fingerprint density at radius 1 is 0.556 bits per heavy atom. The first kappa shape index (κ1) is 24.2. The molecule has 3 heteroatoms. The van der Waals surface area contributed by atoms with Crippen LogP contribution in [0.15, 0.2) is 91.0 Å². The minimum absolute atomic E-state index is 0.743. The Morgan fingerprint density at radius 3 is 1.53 bits per heavy atom. The quantitative estimate of drug-likeness (QED) is 0.280. The van der Waals surface area contributed by atoms with Gasteiger partial charge < -0.3 is 4.90 Å². The van der Waals surface area contributed by atoms with Gasteiger partial charge in [0.2, 0.25) is 0 Å². The molecule has 0 heterocycles. The van der Waals surface area contributed by atoms with Gasteiger partial charge in [-0.3, -0.25) is 0 Å². The van der Waals surface area contributed by atoms with Crippen LogP contribution in [0.3, 0.4) is 0 Å². The van der Waals surface area contributed by atoms with Crippen LogP contribution in [-0.4, -0.2) is 5.92 Å². The van der Waals surface area contributed by atoms with Crippen LogP contribution >= 0.6 is 0 Å². The lowest BCUT2D eigenvalue weighted by atomic mass is 9.77. The van der Waals surface area contributed by atoms with E-state index in [1.165, 1.54) is 0 Å². The second-order valence-corrected chi connectivity index (χ2v) is 11.0. The summed E-state index contributed by atoms with van der Waals surface area (Å²) in [5, 5.41) is 0. The number of hydrogen-bond donors (Lipinski definition) is 0. The minimum Gasteiger partial charge on any atom is -0.310 e. The molecule has 1 aliphatic rings. The zero-order chi connectivity index (χ0) is 25.9. The lowest BCUT2D eigenvalue weighted by molar-refractivity contribution is -0.105. The molecule has 1 aliphatic carbocycles. The Labute approximate surface area is 213 Å². The second-order valence-electron chi connectivity index (χ2n) is 11.0. The molecule has 0 atom stereocenters. The Balaban J connectivity index is 1.64. The van der Waals surface area contributed by atoms with Crippen molar-refractivity contribution in [2.24, 2.45) is 0 Å². The van der Waals surface area contributed by atoms with E-state index in [1.807, 2.05) is 54.6 Å². The zero-order valence-electron chi connectivity index (χ0n) is 21.9. The van der Waals surface area contributed by atoms with E-state index in [2.05, 4.69) is 55.1 Å². The predicted octanol–water partition coefficient (Wildman–Crippen LogP) is 9.64. The van der Waals surface area contributed by atoms with Crippen molar-refractivity contribution >= 4 is 17.1 Å². The van der Waals surface area contributed by atoms with Crippen molar-refractivity contribution in [1.29, 1.82) is 0 Å². The summed E-state index contributed by atoms with van der Waals surface area (Å²) in [5.74, 6) is -2.83. The van der Waals surface area contributed by atoms with Gasteiger partial charge in [0.15, 0.2) is 0 Å². The lowest BCUT2D eigenvalue weighted by Crippen LogP contribution is -2.46. The van der Waals surface area contributed by atoms with Gasteiger partial charge >= 0.3 is 0 Å². The Hall–Kier alpha value is -3.46. The van der Waals surface area contributed by atoms with Gasteiger partial charge in [-0.15, -0.1) is 0 Å². The molecule has 0 fully saturated rings. The summed E-state index contributed by atoms with van der Waals surface area (Å²) in [6.45, 7) is 10.9. The molecular weight excluding hydrogens is 448 g/mol. The van der Waals surface area contributed by atoms with E-state index in [1.54, 1.807) is 27.7 Å². The molecule has 1 nitrogen and oxygen atoms in total. The van der Waals surface area contributed by atoms with Crippen molar-refractivity contribution in [3.8, 4) is 11.1 Å². The number of alkyl halides is 2. The summed E-state index contributed by atoms with van der Waals surface area (Å²) in [6, 6.07) is 31.0. The molecule has 0 spiro atoms. The number of benzene rings is 4. The van der Waals surface area contributed by atoms with Crippen LogP contribution in [0.4, 0.5) is 25.8 Å². The third-order valence-electron chi connectivity index (χ3n) is 8.03. The van der Waals surface area contributed by atoms with E-state index < -0.39 is 16.8 Å². The van der Waals surface area contributed by atoms with Crippen LogP contribution in [0.5, 0.6) is 0 Å². The molecule has 0 aliphatic heterocycles. The van der Waals surface area contributed by atoms with Crippen molar-refractivity contribution in [1.82, 2.24) is 0 Å². The SMILES string of the molecule is Cc1cc(N(c2ccccc2)c2ccccc2)cc(C)c1-c1ccc2c(c1)C(C)(C)C(F)(F)C2(C)C. The van der Waals surface area contributed by atoms with Crippen molar-refractivity contribution in [3.63, 3.8) is 0 Å². The van der Waals surface area contributed by atoms with Crippen LogP contribution < -0.4 is 4.90 Å². The third kappa shape index (κ3) is 3.48. The maximum Gasteiger partial charge on any atom is 0.266 e. The van der Waals surface area contributed by atoms with Gasteiger partial charge in [-0.05, 0) is 111 Å². The van der Waals surface area contributed by atoms with Gasteiger partial charge in [-0.1, -0.05) is 54.6 Å². The van der Waals surface area contributed by atoms with Crippen LogP contribution in [0, 0.1) is 13.8 Å². The number of para-hydroxylation sites is 2. The fourth-order valence-electron chi connectivity index (χ4n) is 6.01. The maximum atomic E-state index is 15.4. The highest BCUT2D eigenvalue weighted by atomic mass is 19.3. The molecule has 0 radical (unpaired) electrons. The molecular formula is C33H33F2N. The summed E-state index contributed by atoms with van der Waals surface area (Å²) in [7, 11) is 0. The van der Waals surface area contributed by atoms with Crippen molar-refractivity contribution < 1.29 is 8.78 Å². The first-order valence-electron chi connectivity index (χ1n) is 12.5. The molecule has 184 valence electrons. The minimum atomic E-state index is -2.83. The molecule has 0 aromatic heterocycles. The van der Waals surface area contributed by atoms with Gasteiger partial charge in [-0.25, -0.2) is 8.78 Å². The number of halogens is 2. The molecule has 0 saturated heterocycles. The van der Waals surface area contributed by atoms with Crippen molar-refractivity contribution in [2.75, 3.05) is 4.90 Å². The van der Waals surface area contributed by atoms with Gasteiger partial charge in [0.1, 0.15) is 0 Å². The molecule has 4 aromatic rings. The highest BCUT2D eigenvalue weighted by molar-refractivity contribution is 5.82. The first-order chi connectivity index (χ1) is 17.0. The summed E-state index contributed by atoms with van der Waals surface area (Å²) < 4.78 is 30.9. The normalized spacial score (nSPS) is 17.0. The standard InChI is InChI=1S/C33H33F2N/c1-22-19-27(36(25-13-9-7-10-14-25)26-15-11-8-12-16-26)20-23(2)30(22)24-17-18-28-29(21-24)32(5,6)33(34,35)31(28,3)4/h7-21H,1-6H3. The highest BCUT2D eigenvalue weighted by Gasteiger charge is 2.65. The fraction of sp³-hybridized carbons (Fsp3) is 0.273. The van der Waals surface area contributed by atoms with Crippen LogP contribution in [-0.2, 0) is 10.8 Å². The van der Waals surface area contributed by atoms with Crippen LogP contribution in [0.2, 0.25) is 0 Å². The highest BCUT2D eigenvalue weighted by Crippen LogP contribution is 2.59. The molecule has 0 saturated carbocycles. The summed E-state index contributed by atoms with van der Waals surface area (Å²) in [5.41, 5.74) is 6.60. The number of hydrogen-bond acceptors (Lipinski definition) is 1. The molecule has 0 unspecified atom stereocenters. The topological polar surface area (TPSA) is 3.24 Å². The van der Waals surface area contributed by atoms with Gasteiger partial charge in [0.25, 0.3) is 5.92 Å². The van der Waals surface area contributed by atoms with E-state index in [-0.39, 0.29) is 0 Å². The molecule has 0 N–H and O–H groups in total. The van der Waals surface area contributed by atoms with Gasteiger partial charge in [0.05, 0.1) is 10.8 Å². The molecule has 5 rings (SSSR count). The van der Waals surface area contributed by atoms with Crippen LogP contribution in [0.25, 0.3) is 11.1 Å². The van der Waals surface area contributed by atoms with E-state index in [0.717, 1.165) is 50.4 Å². The Bertz CT molecular complexity index is 1360. The zero-order valence-corrected chi connectivity index (χ0v) is 21.9. The number of aryl methyl sites for hydroxylation is 2. The Kier molecular flexibility index (Phi) is 5.59. The lowest BCUT2D eigenvalue weighted by Gasteiger charge is -2.35. The van der Waals surface area contributed by atoms with Crippen LogP contribution in [0.1, 0.15) is 49.9 Å². The van der Waals surface area contributed by atoms with E-state index in [0.29, 0.717) is 0 Å². The second kappa shape index (κ2) is 8.30. The number of nitrogens with zero attached hydrogens (tertiary/aromatic N) is 1. The van der Waals surface area contributed by atoms with E-state index in [4.69, 9.17) is 0 Å². The Morgan fingerprint density at radius 2 is 1.03 bits per heavy atom. The van der Waals surface area contributed by atoms with E-state index in [9.17, 15) is 0 Å². The largest absolute Gasteiger partial charge is 0.310 e. The van der Waals surface area contributed by atoms with Gasteiger partial charge in [-0.2, -0.15) is 0 Å². The summed E-state index contributed by atoms with van der Waals surface area (Å²) in [4.78, 5) is 2.25. The predicted molar refractivity (Wildman–Crippen MR) is 147 cm³/mol. The number of anilines is 3. The summed E-state index contributed by atoms with van der Waals surface area (Å²) >= 11 is 0. The maximum absolute atomic E-state index is 15.4.